The summed E-state index contributed by atoms with van der Waals surface area (Å²) in [6.07, 6.45) is 0. The molecule has 0 aromatic heterocycles. The van der Waals surface area contributed by atoms with E-state index in [2.05, 4.69) is 5.43 Å². The third kappa shape index (κ3) is 3.58. The van der Waals surface area contributed by atoms with Crippen molar-refractivity contribution in [3.63, 3.8) is 0 Å². The molecule has 0 heterocycles. The SMILES string of the molecule is CN(C)NC(=O)CN. The van der Waals surface area contributed by atoms with Gasteiger partial charge in [0.15, 0.2) is 0 Å². The van der Waals surface area contributed by atoms with E-state index in [1.165, 1.54) is 0 Å². The quantitative estimate of drug-likeness (QED) is 0.434. The van der Waals surface area contributed by atoms with Gasteiger partial charge in [0.2, 0.25) is 5.91 Å². The summed E-state index contributed by atoms with van der Waals surface area (Å²) in [5, 5.41) is 1.55. The zero-order chi connectivity index (χ0) is 6.57. The van der Waals surface area contributed by atoms with Crippen molar-refractivity contribution in [3.8, 4) is 0 Å². The topological polar surface area (TPSA) is 58.4 Å². The second-order valence-electron chi connectivity index (χ2n) is 1.63. The van der Waals surface area contributed by atoms with Gasteiger partial charge in [-0.15, -0.1) is 0 Å². The summed E-state index contributed by atoms with van der Waals surface area (Å²) < 4.78 is 0. The van der Waals surface area contributed by atoms with E-state index < -0.39 is 0 Å². The number of hydrazine groups is 1. The molecule has 8 heavy (non-hydrogen) atoms. The number of nitrogens with zero attached hydrogens (tertiary/aromatic N) is 1. The van der Waals surface area contributed by atoms with Crippen molar-refractivity contribution >= 4 is 5.91 Å². The Morgan fingerprint density at radius 2 is 2.25 bits per heavy atom. The Bertz CT molecular complexity index is 81.4. The van der Waals surface area contributed by atoms with E-state index in [1.54, 1.807) is 19.1 Å². The van der Waals surface area contributed by atoms with Crippen molar-refractivity contribution < 1.29 is 4.79 Å². The number of carbonyl (C=O) groups excluding carboxylic acids is 1. The summed E-state index contributed by atoms with van der Waals surface area (Å²) in [5.74, 6) is -0.171. The zero-order valence-electron chi connectivity index (χ0n) is 5.14. The van der Waals surface area contributed by atoms with Crippen LogP contribution < -0.4 is 11.2 Å². The fourth-order valence-electron chi connectivity index (χ4n) is 0.295. The third-order valence-electron chi connectivity index (χ3n) is 0.534. The number of nitrogens with one attached hydrogen (secondary N) is 1. The predicted molar refractivity (Wildman–Crippen MR) is 30.9 cm³/mol. The second-order valence-corrected chi connectivity index (χ2v) is 1.63. The zero-order valence-corrected chi connectivity index (χ0v) is 5.14. The first-order valence-corrected chi connectivity index (χ1v) is 2.33. The van der Waals surface area contributed by atoms with E-state index in [-0.39, 0.29) is 12.5 Å². The minimum Gasteiger partial charge on any atom is -0.322 e. The van der Waals surface area contributed by atoms with Crippen LogP contribution in [-0.2, 0) is 4.79 Å². The van der Waals surface area contributed by atoms with E-state index >= 15 is 0 Å². The first kappa shape index (κ1) is 7.39. The fourth-order valence-corrected chi connectivity index (χ4v) is 0.295. The van der Waals surface area contributed by atoms with Gasteiger partial charge in [0.05, 0.1) is 6.54 Å². The molecule has 0 unspecified atom stereocenters. The van der Waals surface area contributed by atoms with Gasteiger partial charge < -0.3 is 5.73 Å². The summed E-state index contributed by atoms with van der Waals surface area (Å²) in [6, 6.07) is 0. The standard InChI is InChI=1S/C4H11N3O/c1-7(2)6-4(8)3-5/h3,5H2,1-2H3,(H,6,8). The monoisotopic (exact) mass is 117 g/mol. The average molecular weight is 117 g/mol. The second kappa shape index (κ2) is 3.40. The Morgan fingerprint density at radius 1 is 1.75 bits per heavy atom. The maximum Gasteiger partial charge on any atom is 0.247 e. The highest BCUT2D eigenvalue weighted by Crippen LogP contribution is 1.61. The molecule has 0 rings (SSSR count). The van der Waals surface area contributed by atoms with Crippen molar-refractivity contribution in [2.75, 3.05) is 20.6 Å². The molecule has 0 aromatic carbocycles. The molecule has 48 valence electrons. The molecule has 0 aliphatic carbocycles. The summed E-state index contributed by atoms with van der Waals surface area (Å²) in [7, 11) is 3.46. The minimum absolute atomic E-state index is 0.0399. The van der Waals surface area contributed by atoms with Crippen LogP contribution in [0.2, 0.25) is 0 Å². The molecule has 0 spiro atoms. The predicted octanol–water partition coefficient (Wildman–Crippen LogP) is -1.46. The molecule has 0 fully saturated rings. The van der Waals surface area contributed by atoms with Crippen molar-refractivity contribution in [2.24, 2.45) is 5.73 Å². The number of nitrogens with two attached hydrogens (primary N) is 1. The molecule has 1 amide bonds. The van der Waals surface area contributed by atoms with E-state index in [0.29, 0.717) is 0 Å². The van der Waals surface area contributed by atoms with Gasteiger partial charge in [-0.05, 0) is 0 Å². The highest BCUT2D eigenvalue weighted by Gasteiger charge is 1.94. The Kier molecular flexibility index (Phi) is 3.14. The molecular weight excluding hydrogens is 106 g/mol. The largest absolute Gasteiger partial charge is 0.322 e. The van der Waals surface area contributed by atoms with Crippen LogP contribution in [0.1, 0.15) is 0 Å². The molecular formula is C4H11N3O. The molecule has 4 nitrogen and oxygen atoms in total. The van der Waals surface area contributed by atoms with E-state index in [9.17, 15) is 4.79 Å². The smallest absolute Gasteiger partial charge is 0.247 e. The average Bonchev–Trinajstić information content (AvgIpc) is 1.65. The Morgan fingerprint density at radius 3 is 2.38 bits per heavy atom. The minimum atomic E-state index is -0.171. The van der Waals surface area contributed by atoms with Crippen LogP contribution in [0, 0.1) is 0 Å². The van der Waals surface area contributed by atoms with Gasteiger partial charge in [-0.1, -0.05) is 0 Å². The van der Waals surface area contributed by atoms with Crippen LogP contribution in [0.3, 0.4) is 0 Å². The Hall–Kier alpha value is -0.610. The fraction of sp³-hybridized carbons (Fsp3) is 0.750. The molecule has 0 aromatic rings. The number of hydrogen-bond acceptors (Lipinski definition) is 3. The van der Waals surface area contributed by atoms with Crippen LogP contribution in [0.4, 0.5) is 0 Å². The van der Waals surface area contributed by atoms with Crippen LogP contribution in [0.15, 0.2) is 0 Å². The molecule has 4 heteroatoms. The Labute approximate surface area is 48.6 Å². The lowest BCUT2D eigenvalue weighted by Gasteiger charge is -2.09. The van der Waals surface area contributed by atoms with E-state index in [4.69, 9.17) is 5.73 Å². The maximum absolute atomic E-state index is 10.3. The van der Waals surface area contributed by atoms with Crippen molar-refractivity contribution in [2.45, 2.75) is 0 Å². The van der Waals surface area contributed by atoms with E-state index in [1.807, 2.05) is 0 Å². The lowest BCUT2D eigenvalue weighted by atomic mass is 10.6. The normalized spacial score (nSPS) is 9.50. The van der Waals surface area contributed by atoms with E-state index in [0.717, 1.165) is 0 Å². The van der Waals surface area contributed by atoms with Gasteiger partial charge in [0.25, 0.3) is 0 Å². The first-order chi connectivity index (χ1) is 3.66. The van der Waals surface area contributed by atoms with Gasteiger partial charge >= 0.3 is 0 Å². The lowest BCUT2D eigenvalue weighted by molar-refractivity contribution is -0.123. The van der Waals surface area contributed by atoms with Crippen LogP contribution in [-0.4, -0.2) is 31.6 Å². The summed E-state index contributed by atoms with van der Waals surface area (Å²) in [5.41, 5.74) is 7.44. The number of hydrogen-bond donors (Lipinski definition) is 2. The highest BCUT2D eigenvalue weighted by molar-refractivity contribution is 5.77. The maximum atomic E-state index is 10.3. The van der Waals surface area contributed by atoms with Crippen LogP contribution in [0.25, 0.3) is 0 Å². The van der Waals surface area contributed by atoms with Gasteiger partial charge in [-0.2, -0.15) is 0 Å². The van der Waals surface area contributed by atoms with Gasteiger partial charge in [-0.25, -0.2) is 5.01 Å². The summed E-state index contributed by atoms with van der Waals surface area (Å²) >= 11 is 0. The molecule has 0 bridgehead atoms. The van der Waals surface area contributed by atoms with Crippen LogP contribution >= 0.6 is 0 Å². The highest BCUT2D eigenvalue weighted by atomic mass is 16.2. The number of carbonyl (C=O) groups is 1. The van der Waals surface area contributed by atoms with Crippen molar-refractivity contribution in [1.82, 2.24) is 10.4 Å². The molecule has 0 aliphatic heterocycles. The lowest BCUT2D eigenvalue weighted by Crippen LogP contribution is -2.39. The van der Waals surface area contributed by atoms with Gasteiger partial charge in [0.1, 0.15) is 0 Å². The Balaban J connectivity index is 3.25. The van der Waals surface area contributed by atoms with Gasteiger partial charge in [0, 0.05) is 14.1 Å². The summed E-state index contributed by atoms with van der Waals surface area (Å²) in [6.45, 7) is 0.0399. The third-order valence-corrected chi connectivity index (χ3v) is 0.534. The van der Waals surface area contributed by atoms with Crippen LogP contribution in [0.5, 0.6) is 0 Å². The molecule has 0 radical (unpaired) electrons. The van der Waals surface area contributed by atoms with Crippen molar-refractivity contribution in [3.05, 3.63) is 0 Å². The molecule has 0 aliphatic rings. The molecule has 0 saturated heterocycles. The van der Waals surface area contributed by atoms with Gasteiger partial charge in [-0.3, -0.25) is 10.2 Å². The number of rotatable bonds is 2. The summed E-state index contributed by atoms with van der Waals surface area (Å²) in [4.78, 5) is 10.3. The molecule has 3 N–H and O–H groups in total. The number of amides is 1. The molecule has 0 atom stereocenters. The first-order valence-electron chi connectivity index (χ1n) is 2.33. The van der Waals surface area contributed by atoms with Crippen molar-refractivity contribution in [1.29, 1.82) is 0 Å². The molecule has 0 saturated carbocycles.